The Bertz CT molecular complexity index is 445. The van der Waals surface area contributed by atoms with Crippen molar-refractivity contribution in [2.24, 2.45) is 0 Å². The molecule has 0 aromatic carbocycles. The van der Waals surface area contributed by atoms with Crippen LogP contribution in [0.4, 0.5) is 0 Å². The summed E-state index contributed by atoms with van der Waals surface area (Å²) in [5.41, 5.74) is 4.25. The fourth-order valence-electron chi connectivity index (χ4n) is 2.40. The van der Waals surface area contributed by atoms with Crippen molar-refractivity contribution in [2.45, 2.75) is 25.2 Å². The zero-order chi connectivity index (χ0) is 10.3. The minimum atomic E-state index is 0.550. The molecule has 1 aromatic rings. The molecule has 0 bridgehead atoms. The van der Waals surface area contributed by atoms with Gasteiger partial charge in [0.2, 0.25) is 0 Å². The van der Waals surface area contributed by atoms with Gasteiger partial charge in [0.25, 0.3) is 0 Å². The normalized spacial score (nSPS) is 24.3. The quantitative estimate of drug-likeness (QED) is 0.747. The number of hydrogen-bond donors (Lipinski definition) is 0. The predicted octanol–water partition coefficient (Wildman–Crippen LogP) is 3.94. The van der Waals surface area contributed by atoms with E-state index in [0.717, 1.165) is 6.42 Å². The van der Waals surface area contributed by atoms with Crippen molar-refractivity contribution in [3.8, 4) is 0 Å². The molecule has 1 saturated carbocycles. The summed E-state index contributed by atoms with van der Waals surface area (Å²) in [6.07, 6.45) is 7.76. The van der Waals surface area contributed by atoms with E-state index >= 15 is 0 Å². The van der Waals surface area contributed by atoms with Crippen molar-refractivity contribution in [3.05, 3.63) is 51.8 Å². The molecule has 0 spiro atoms. The summed E-state index contributed by atoms with van der Waals surface area (Å²) >= 11 is 3.66. The molecule has 0 aliphatic heterocycles. The van der Waals surface area contributed by atoms with Gasteiger partial charge in [0.15, 0.2) is 0 Å². The van der Waals surface area contributed by atoms with E-state index in [4.69, 9.17) is 0 Å². The van der Waals surface area contributed by atoms with Crippen LogP contribution < -0.4 is 0 Å². The van der Waals surface area contributed by atoms with Crippen LogP contribution in [0.1, 0.15) is 30.9 Å². The van der Waals surface area contributed by atoms with Crippen LogP contribution in [0.2, 0.25) is 0 Å². The number of fused-ring (bicyclic) bond motifs is 1. The fourth-order valence-corrected chi connectivity index (χ4v) is 3.01. The summed E-state index contributed by atoms with van der Waals surface area (Å²) in [5.74, 6) is 0.550. The number of halogens is 1. The maximum Gasteiger partial charge on any atom is 0.0481 e. The summed E-state index contributed by atoms with van der Waals surface area (Å²) in [7, 11) is 0. The largest absolute Gasteiger partial charge is 0.261 e. The van der Waals surface area contributed by atoms with Crippen LogP contribution in [0, 0.1) is 0 Å². The Labute approximate surface area is 98.0 Å². The number of allylic oxidation sites excluding steroid dienone is 4. The second-order valence-corrected chi connectivity index (χ2v) is 5.05. The van der Waals surface area contributed by atoms with Crippen molar-refractivity contribution in [2.75, 3.05) is 0 Å². The van der Waals surface area contributed by atoms with Crippen molar-refractivity contribution >= 4 is 15.9 Å². The van der Waals surface area contributed by atoms with Gasteiger partial charge in [0.1, 0.15) is 0 Å². The van der Waals surface area contributed by atoms with E-state index in [9.17, 15) is 0 Å². The van der Waals surface area contributed by atoms with Gasteiger partial charge in [-0.25, -0.2) is 0 Å². The third-order valence-corrected chi connectivity index (χ3v) is 4.11. The third-order valence-electron chi connectivity index (χ3n) is 3.23. The lowest BCUT2D eigenvalue weighted by molar-refractivity contribution is 0.645. The first-order valence-electron chi connectivity index (χ1n) is 5.35. The van der Waals surface area contributed by atoms with Crippen LogP contribution in [-0.4, -0.2) is 4.98 Å². The van der Waals surface area contributed by atoms with Crippen LogP contribution in [0.3, 0.4) is 0 Å². The Morgan fingerprint density at radius 3 is 3.07 bits per heavy atom. The molecule has 0 amide bonds. The van der Waals surface area contributed by atoms with E-state index in [1.54, 1.807) is 0 Å². The molecule has 1 atom stereocenters. The zero-order valence-electron chi connectivity index (χ0n) is 8.41. The first-order valence-corrected chi connectivity index (χ1v) is 6.14. The van der Waals surface area contributed by atoms with E-state index in [2.05, 4.69) is 39.1 Å². The highest BCUT2D eigenvalue weighted by Gasteiger charge is 2.34. The molecule has 15 heavy (non-hydrogen) atoms. The topological polar surface area (TPSA) is 12.9 Å². The molecule has 0 saturated heterocycles. The second kappa shape index (κ2) is 3.60. The first kappa shape index (κ1) is 9.34. The monoisotopic (exact) mass is 261 g/mol. The summed E-state index contributed by atoms with van der Waals surface area (Å²) in [4.78, 5) is 4.44. The lowest BCUT2D eigenvalue weighted by Crippen LogP contribution is -2.21. The van der Waals surface area contributed by atoms with Crippen LogP contribution in [0.15, 0.2) is 46.1 Å². The summed E-state index contributed by atoms with van der Waals surface area (Å²) < 4.78 is 1.41. The lowest BCUT2D eigenvalue weighted by atomic mass is 9.70. The minimum Gasteiger partial charge on any atom is -0.261 e. The standard InChI is InChI=1S/C13H12BrN/c14-12-5-3-4-9-10(12)8-11(9)13-6-1-2-7-15-13/h1-2,4,6-7,11H,3,5,8H2. The molecule has 1 heterocycles. The minimum absolute atomic E-state index is 0.550. The van der Waals surface area contributed by atoms with E-state index in [0.29, 0.717) is 5.92 Å². The van der Waals surface area contributed by atoms with Gasteiger partial charge in [-0.15, -0.1) is 0 Å². The van der Waals surface area contributed by atoms with Gasteiger partial charge < -0.3 is 0 Å². The summed E-state index contributed by atoms with van der Waals surface area (Å²) in [6, 6.07) is 6.18. The molecule has 2 heteroatoms. The predicted molar refractivity (Wildman–Crippen MR) is 64.9 cm³/mol. The van der Waals surface area contributed by atoms with Crippen LogP contribution in [0.5, 0.6) is 0 Å². The van der Waals surface area contributed by atoms with E-state index in [1.165, 1.54) is 34.2 Å². The first-order chi connectivity index (χ1) is 7.36. The van der Waals surface area contributed by atoms with Crippen molar-refractivity contribution in [1.82, 2.24) is 4.98 Å². The molecule has 1 nitrogen and oxygen atoms in total. The third kappa shape index (κ3) is 1.48. The maximum absolute atomic E-state index is 4.44. The van der Waals surface area contributed by atoms with Crippen LogP contribution in [0.25, 0.3) is 0 Å². The van der Waals surface area contributed by atoms with Crippen molar-refractivity contribution in [1.29, 1.82) is 0 Å². The molecular formula is C13H12BrN. The number of nitrogens with zero attached hydrogens (tertiary/aromatic N) is 1. The second-order valence-electron chi connectivity index (χ2n) is 4.09. The van der Waals surface area contributed by atoms with Crippen molar-refractivity contribution in [3.63, 3.8) is 0 Å². The van der Waals surface area contributed by atoms with Gasteiger partial charge in [0, 0.05) is 17.8 Å². The Hall–Kier alpha value is -0.890. The molecule has 0 N–H and O–H groups in total. The molecule has 1 fully saturated rings. The Morgan fingerprint density at radius 1 is 1.33 bits per heavy atom. The lowest BCUT2D eigenvalue weighted by Gasteiger charge is -2.36. The van der Waals surface area contributed by atoms with Gasteiger partial charge in [-0.05, 0) is 47.0 Å². The number of aromatic nitrogens is 1. The number of hydrogen-bond acceptors (Lipinski definition) is 1. The molecule has 0 radical (unpaired) electrons. The van der Waals surface area contributed by atoms with E-state index in [-0.39, 0.29) is 0 Å². The zero-order valence-corrected chi connectivity index (χ0v) is 10.00. The average Bonchev–Trinajstić information content (AvgIpc) is 2.23. The Kier molecular flexibility index (Phi) is 2.24. The van der Waals surface area contributed by atoms with Gasteiger partial charge >= 0.3 is 0 Å². The SMILES string of the molecule is BrC1=C2CC(c3ccccn3)C2=CCC1. The summed E-state index contributed by atoms with van der Waals surface area (Å²) in [6.45, 7) is 0. The van der Waals surface area contributed by atoms with Gasteiger partial charge in [-0.3, -0.25) is 4.98 Å². The molecule has 1 unspecified atom stereocenters. The molecule has 76 valence electrons. The Morgan fingerprint density at radius 2 is 2.27 bits per heavy atom. The smallest absolute Gasteiger partial charge is 0.0481 e. The molecule has 2 aliphatic carbocycles. The van der Waals surface area contributed by atoms with Crippen LogP contribution >= 0.6 is 15.9 Å². The highest BCUT2D eigenvalue weighted by Crippen LogP contribution is 2.51. The van der Waals surface area contributed by atoms with E-state index < -0.39 is 0 Å². The highest BCUT2D eigenvalue weighted by atomic mass is 79.9. The number of rotatable bonds is 1. The highest BCUT2D eigenvalue weighted by molar-refractivity contribution is 9.11. The van der Waals surface area contributed by atoms with Gasteiger partial charge in [-0.2, -0.15) is 0 Å². The van der Waals surface area contributed by atoms with Gasteiger partial charge in [0.05, 0.1) is 0 Å². The molecule has 3 rings (SSSR count). The van der Waals surface area contributed by atoms with E-state index in [1.807, 2.05) is 12.3 Å². The average molecular weight is 262 g/mol. The molecule has 1 aromatic heterocycles. The summed E-state index contributed by atoms with van der Waals surface area (Å²) in [5, 5.41) is 0. The van der Waals surface area contributed by atoms with Gasteiger partial charge in [-0.1, -0.05) is 28.1 Å². The number of pyridine rings is 1. The maximum atomic E-state index is 4.44. The fraction of sp³-hybridized carbons (Fsp3) is 0.308. The Balaban J connectivity index is 1.92. The molecular weight excluding hydrogens is 250 g/mol. The molecule has 2 aliphatic rings. The van der Waals surface area contributed by atoms with Crippen molar-refractivity contribution < 1.29 is 0 Å². The van der Waals surface area contributed by atoms with Crippen LogP contribution in [-0.2, 0) is 0 Å².